The number of aromatic hydroxyl groups is 1. The Balaban J connectivity index is 1.61. The second-order valence-electron chi connectivity index (χ2n) is 7.14. The van der Waals surface area contributed by atoms with Gasteiger partial charge in [-0.25, -0.2) is 13.9 Å². The molecule has 0 spiro atoms. The summed E-state index contributed by atoms with van der Waals surface area (Å²) in [5, 5.41) is 18.3. The first-order valence-electron chi connectivity index (χ1n) is 9.28. The molecule has 3 aromatic rings. The molecule has 1 fully saturated rings. The zero-order chi connectivity index (χ0) is 19.8. The molecule has 2 atom stereocenters. The second kappa shape index (κ2) is 7.52. The van der Waals surface area contributed by atoms with Crippen molar-refractivity contribution in [3.8, 4) is 17.0 Å². The number of aromatic nitrogens is 4. The van der Waals surface area contributed by atoms with E-state index in [2.05, 4.69) is 25.3 Å². The summed E-state index contributed by atoms with van der Waals surface area (Å²) in [6, 6.07) is 4.97. The summed E-state index contributed by atoms with van der Waals surface area (Å²) in [6.07, 6.45) is 1.31. The highest BCUT2D eigenvalue weighted by atomic mass is 35.5. The van der Waals surface area contributed by atoms with Crippen LogP contribution < -0.4 is 5.32 Å². The van der Waals surface area contributed by atoms with Gasteiger partial charge in [0.2, 0.25) is 5.95 Å². The maximum absolute atomic E-state index is 13.9. The number of rotatable bonds is 4. The van der Waals surface area contributed by atoms with Crippen LogP contribution in [-0.4, -0.2) is 61.4 Å². The Morgan fingerprint density at radius 1 is 1.32 bits per heavy atom. The number of fused-ring (bicyclic) bond motifs is 1. The van der Waals surface area contributed by atoms with Gasteiger partial charge in [-0.15, -0.1) is 5.10 Å². The molecule has 28 heavy (non-hydrogen) atoms. The fraction of sp³-hybridized carbons (Fsp3) is 0.421. The van der Waals surface area contributed by atoms with Crippen LogP contribution in [-0.2, 0) is 0 Å². The van der Waals surface area contributed by atoms with Gasteiger partial charge < -0.3 is 10.4 Å². The van der Waals surface area contributed by atoms with Gasteiger partial charge in [-0.1, -0.05) is 18.5 Å². The standard InChI is InChI=1S/C19H22ClFN6O/c1-3-26-9-13(21)8-14(10-26)22-18-24-19-23-15(4-5-27(19)25-18)17-11(2)6-12(20)7-16(17)28/h4-7,13-14,28H,3,8-10H2,1-2H3,(H,22,25)/t13-,14+/m0/s1. The van der Waals surface area contributed by atoms with Gasteiger partial charge in [0, 0.05) is 42.3 Å². The highest BCUT2D eigenvalue weighted by Gasteiger charge is 2.27. The van der Waals surface area contributed by atoms with Crippen molar-refractivity contribution in [2.24, 2.45) is 0 Å². The predicted molar refractivity (Wildman–Crippen MR) is 107 cm³/mol. The number of benzene rings is 1. The van der Waals surface area contributed by atoms with Crippen LogP contribution in [0.3, 0.4) is 0 Å². The van der Waals surface area contributed by atoms with E-state index < -0.39 is 6.17 Å². The summed E-state index contributed by atoms with van der Waals surface area (Å²) in [5.41, 5.74) is 2.00. The normalized spacial score (nSPS) is 20.6. The van der Waals surface area contributed by atoms with Gasteiger partial charge in [0.15, 0.2) is 0 Å². The first-order chi connectivity index (χ1) is 13.4. The summed E-state index contributed by atoms with van der Waals surface area (Å²) in [7, 11) is 0. The molecule has 0 saturated carbocycles. The minimum absolute atomic E-state index is 0.0527. The van der Waals surface area contributed by atoms with Crippen LogP contribution in [0.4, 0.5) is 10.3 Å². The summed E-state index contributed by atoms with van der Waals surface area (Å²) in [5.74, 6) is 0.876. The fourth-order valence-corrected chi connectivity index (χ4v) is 3.97. The van der Waals surface area contributed by atoms with Crippen LogP contribution in [0.5, 0.6) is 5.75 Å². The van der Waals surface area contributed by atoms with Crippen LogP contribution in [0.1, 0.15) is 18.9 Å². The van der Waals surface area contributed by atoms with Gasteiger partial charge in [0.1, 0.15) is 11.9 Å². The van der Waals surface area contributed by atoms with E-state index in [0.29, 0.717) is 41.0 Å². The molecular formula is C19H22ClFN6O. The predicted octanol–water partition coefficient (Wildman–Crippen LogP) is 3.30. The molecule has 0 aliphatic carbocycles. The van der Waals surface area contributed by atoms with Gasteiger partial charge in [-0.3, -0.25) is 4.90 Å². The largest absolute Gasteiger partial charge is 0.507 e. The Labute approximate surface area is 167 Å². The van der Waals surface area contributed by atoms with Gasteiger partial charge in [0.25, 0.3) is 5.78 Å². The number of piperidine rings is 1. The van der Waals surface area contributed by atoms with E-state index in [0.717, 1.165) is 18.7 Å². The van der Waals surface area contributed by atoms with Crippen molar-refractivity contribution in [1.82, 2.24) is 24.5 Å². The Hall–Kier alpha value is -2.45. The molecular weight excluding hydrogens is 383 g/mol. The van der Waals surface area contributed by atoms with E-state index >= 15 is 0 Å². The molecule has 148 valence electrons. The number of halogens is 2. The molecule has 1 saturated heterocycles. The van der Waals surface area contributed by atoms with Crippen molar-refractivity contribution in [3.63, 3.8) is 0 Å². The monoisotopic (exact) mass is 404 g/mol. The topological polar surface area (TPSA) is 78.6 Å². The smallest absolute Gasteiger partial charge is 0.254 e. The third kappa shape index (κ3) is 3.74. The van der Waals surface area contributed by atoms with Gasteiger partial charge in [0.05, 0.1) is 5.69 Å². The van der Waals surface area contributed by atoms with Crippen LogP contribution in [0.25, 0.3) is 17.0 Å². The molecule has 4 rings (SSSR count). The number of alkyl halides is 1. The maximum Gasteiger partial charge on any atom is 0.254 e. The van der Waals surface area contributed by atoms with Crippen LogP contribution >= 0.6 is 11.6 Å². The lowest BCUT2D eigenvalue weighted by Gasteiger charge is -2.34. The van der Waals surface area contributed by atoms with Crippen molar-refractivity contribution >= 4 is 23.3 Å². The number of phenols is 1. The van der Waals surface area contributed by atoms with Crippen LogP contribution in [0.15, 0.2) is 24.4 Å². The Morgan fingerprint density at radius 2 is 2.14 bits per heavy atom. The van der Waals surface area contributed by atoms with Crippen molar-refractivity contribution in [2.75, 3.05) is 25.0 Å². The molecule has 7 nitrogen and oxygen atoms in total. The molecule has 9 heteroatoms. The molecule has 0 radical (unpaired) electrons. The van der Waals surface area contributed by atoms with E-state index in [4.69, 9.17) is 11.6 Å². The van der Waals surface area contributed by atoms with E-state index in [1.165, 1.54) is 6.07 Å². The highest BCUT2D eigenvalue weighted by Crippen LogP contribution is 2.34. The number of hydrogen-bond acceptors (Lipinski definition) is 6. The average Bonchev–Trinajstić information content (AvgIpc) is 3.01. The quantitative estimate of drug-likeness (QED) is 0.694. The number of aryl methyl sites for hydroxylation is 1. The minimum Gasteiger partial charge on any atom is -0.507 e. The van der Waals surface area contributed by atoms with Gasteiger partial charge in [-0.05, 0) is 37.2 Å². The first-order valence-corrected chi connectivity index (χ1v) is 9.66. The number of nitrogens with one attached hydrogen (secondary N) is 1. The number of nitrogens with zero attached hydrogens (tertiary/aromatic N) is 5. The number of phenolic OH excluding ortho intramolecular Hbond substituents is 1. The number of likely N-dealkylation sites (tertiary alicyclic amines) is 1. The zero-order valence-corrected chi connectivity index (χ0v) is 16.5. The van der Waals surface area contributed by atoms with Crippen molar-refractivity contribution < 1.29 is 9.50 Å². The Morgan fingerprint density at radius 3 is 2.89 bits per heavy atom. The molecule has 1 aliphatic rings. The van der Waals surface area contributed by atoms with Crippen molar-refractivity contribution in [3.05, 3.63) is 35.0 Å². The van der Waals surface area contributed by atoms with Crippen molar-refractivity contribution in [1.29, 1.82) is 0 Å². The lowest BCUT2D eigenvalue weighted by molar-refractivity contribution is 0.134. The molecule has 3 heterocycles. The van der Waals surface area contributed by atoms with E-state index in [9.17, 15) is 9.50 Å². The summed E-state index contributed by atoms with van der Waals surface area (Å²) >= 11 is 5.99. The Bertz CT molecular complexity index is 986. The molecule has 0 unspecified atom stereocenters. The summed E-state index contributed by atoms with van der Waals surface area (Å²) in [4.78, 5) is 11.0. The minimum atomic E-state index is -0.858. The molecule has 2 aromatic heterocycles. The average molecular weight is 405 g/mol. The van der Waals surface area contributed by atoms with Crippen molar-refractivity contribution in [2.45, 2.75) is 32.5 Å². The molecule has 1 aliphatic heterocycles. The highest BCUT2D eigenvalue weighted by molar-refractivity contribution is 6.31. The number of likely N-dealkylation sites (N-methyl/N-ethyl adjacent to an activating group) is 1. The third-order valence-electron chi connectivity index (χ3n) is 5.00. The maximum atomic E-state index is 13.9. The Kier molecular flexibility index (Phi) is 5.07. The summed E-state index contributed by atoms with van der Waals surface area (Å²) < 4.78 is 15.5. The second-order valence-corrected chi connectivity index (χ2v) is 7.57. The lowest BCUT2D eigenvalue weighted by Crippen LogP contribution is -2.47. The fourth-order valence-electron chi connectivity index (χ4n) is 3.71. The van der Waals surface area contributed by atoms with Crippen LogP contribution in [0, 0.1) is 6.92 Å². The molecule has 0 amide bonds. The SMILES string of the molecule is CCN1C[C@@H](F)C[C@@H](Nc2nc3nc(-c4c(C)cc(Cl)cc4O)ccn3n2)C1. The van der Waals surface area contributed by atoms with E-state index in [-0.39, 0.29) is 11.8 Å². The number of anilines is 1. The van der Waals surface area contributed by atoms with Gasteiger partial charge >= 0.3 is 0 Å². The zero-order valence-electron chi connectivity index (χ0n) is 15.7. The molecule has 2 N–H and O–H groups in total. The molecule has 0 bridgehead atoms. The summed E-state index contributed by atoms with van der Waals surface area (Å²) in [6.45, 7) is 5.93. The number of hydrogen-bond donors (Lipinski definition) is 2. The lowest BCUT2D eigenvalue weighted by atomic mass is 10.0. The molecule has 1 aromatic carbocycles. The van der Waals surface area contributed by atoms with E-state index in [1.54, 1.807) is 22.8 Å². The first kappa shape index (κ1) is 18.9. The van der Waals surface area contributed by atoms with E-state index in [1.807, 2.05) is 13.8 Å². The van der Waals surface area contributed by atoms with Gasteiger partial charge in [-0.2, -0.15) is 4.98 Å². The van der Waals surface area contributed by atoms with Crippen LogP contribution in [0.2, 0.25) is 5.02 Å². The third-order valence-corrected chi connectivity index (χ3v) is 5.22.